The Morgan fingerprint density at radius 1 is 1.29 bits per heavy atom. The van der Waals surface area contributed by atoms with Crippen LogP contribution in [0.15, 0.2) is 24.3 Å². The first-order valence-corrected chi connectivity index (χ1v) is 6.72. The molecular formula is C15H19FN4O. The van der Waals surface area contributed by atoms with E-state index in [9.17, 15) is 4.39 Å². The number of halogens is 1. The third kappa shape index (κ3) is 3.66. The van der Waals surface area contributed by atoms with Crippen LogP contribution in [-0.2, 0) is 6.42 Å². The van der Waals surface area contributed by atoms with Gasteiger partial charge in [-0.1, -0.05) is 13.8 Å². The first-order chi connectivity index (χ1) is 10.0. The molecule has 0 unspecified atom stereocenters. The molecule has 2 aromatic rings. The van der Waals surface area contributed by atoms with E-state index in [2.05, 4.69) is 29.2 Å². The van der Waals surface area contributed by atoms with E-state index in [0.717, 1.165) is 12.1 Å². The Kier molecular flexibility index (Phi) is 4.70. The van der Waals surface area contributed by atoms with Crippen molar-refractivity contribution in [3.05, 3.63) is 35.8 Å². The predicted molar refractivity (Wildman–Crippen MR) is 80.3 cm³/mol. The van der Waals surface area contributed by atoms with E-state index < -0.39 is 5.82 Å². The van der Waals surface area contributed by atoms with Crippen molar-refractivity contribution in [2.45, 2.75) is 20.3 Å². The van der Waals surface area contributed by atoms with Crippen LogP contribution < -0.4 is 16.0 Å². The van der Waals surface area contributed by atoms with Gasteiger partial charge in [0.2, 0.25) is 0 Å². The second kappa shape index (κ2) is 6.49. The molecule has 5 nitrogen and oxygen atoms in total. The number of methoxy groups -OCH3 is 1. The molecule has 0 atom stereocenters. The second-order valence-corrected chi connectivity index (χ2v) is 5.16. The quantitative estimate of drug-likeness (QED) is 0.654. The van der Waals surface area contributed by atoms with Gasteiger partial charge in [0.05, 0.1) is 7.11 Å². The molecule has 0 fully saturated rings. The highest BCUT2D eigenvalue weighted by molar-refractivity contribution is 5.60. The number of nitrogens with one attached hydrogen (secondary N) is 1. The zero-order valence-corrected chi connectivity index (χ0v) is 12.4. The van der Waals surface area contributed by atoms with Crippen molar-refractivity contribution in [3.63, 3.8) is 0 Å². The fraction of sp³-hybridized carbons (Fsp3) is 0.333. The summed E-state index contributed by atoms with van der Waals surface area (Å²) < 4.78 is 18.5. The Hall–Kier alpha value is -2.21. The number of nitrogens with two attached hydrogens (primary N) is 1. The molecule has 1 aromatic carbocycles. The average Bonchev–Trinajstić information content (AvgIpc) is 2.46. The van der Waals surface area contributed by atoms with Crippen LogP contribution in [0.1, 0.15) is 19.5 Å². The molecule has 3 N–H and O–H groups in total. The molecule has 1 heterocycles. The van der Waals surface area contributed by atoms with Gasteiger partial charge in [-0.25, -0.2) is 20.2 Å². The van der Waals surface area contributed by atoms with Gasteiger partial charge in [-0.2, -0.15) is 0 Å². The van der Waals surface area contributed by atoms with Crippen molar-refractivity contribution in [1.29, 1.82) is 0 Å². The number of ether oxygens (including phenoxy) is 1. The molecule has 0 aliphatic rings. The fourth-order valence-corrected chi connectivity index (χ4v) is 2.02. The summed E-state index contributed by atoms with van der Waals surface area (Å²) in [7, 11) is 1.42. The van der Waals surface area contributed by atoms with Crippen LogP contribution in [0.4, 0.5) is 10.2 Å². The molecule has 0 saturated heterocycles. The first-order valence-electron chi connectivity index (χ1n) is 6.72. The molecule has 1 aromatic heterocycles. The average molecular weight is 290 g/mol. The Balaban J connectivity index is 2.47. The highest BCUT2D eigenvalue weighted by atomic mass is 19.1. The topological polar surface area (TPSA) is 73.1 Å². The Bertz CT molecular complexity index is 631. The maximum Gasteiger partial charge on any atom is 0.165 e. The summed E-state index contributed by atoms with van der Waals surface area (Å²) in [6, 6.07) is 6.34. The zero-order valence-electron chi connectivity index (χ0n) is 12.4. The largest absolute Gasteiger partial charge is 0.494 e. The van der Waals surface area contributed by atoms with E-state index in [4.69, 9.17) is 10.6 Å². The highest BCUT2D eigenvalue weighted by Gasteiger charge is 2.11. The molecule has 2 rings (SSSR count). The molecule has 0 saturated carbocycles. The van der Waals surface area contributed by atoms with E-state index in [1.54, 1.807) is 12.1 Å². The van der Waals surface area contributed by atoms with Crippen LogP contribution in [0.25, 0.3) is 11.4 Å². The van der Waals surface area contributed by atoms with E-state index in [1.165, 1.54) is 13.2 Å². The minimum absolute atomic E-state index is 0.160. The Labute approximate surface area is 123 Å². The lowest BCUT2D eigenvalue weighted by Gasteiger charge is -2.10. The molecule has 112 valence electrons. The second-order valence-electron chi connectivity index (χ2n) is 5.16. The van der Waals surface area contributed by atoms with Gasteiger partial charge in [-0.15, -0.1) is 0 Å². The smallest absolute Gasteiger partial charge is 0.165 e. The van der Waals surface area contributed by atoms with E-state index >= 15 is 0 Å². The molecule has 6 heteroatoms. The number of benzene rings is 1. The van der Waals surface area contributed by atoms with Crippen molar-refractivity contribution >= 4 is 5.82 Å². The number of hydrogen-bond acceptors (Lipinski definition) is 5. The van der Waals surface area contributed by atoms with Gasteiger partial charge in [0.15, 0.2) is 17.4 Å². The first kappa shape index (κ1) is 15.2. The molecule has 0 spiro atoms. The van der Waals surface area contributed by atoms with Gasteiger partial charge in [0.25, 0.3) is 0 Å². The minimum atomic E-state index is -0.420. The van der Waals surface area contributed by atoms with Gasteiger partial charge >= 0.3 is 0 Å². The molecular weight excluding hydrogens is 271 g/mol. The summed E-state index contributed by atoms with van der Waals surface area (Å²) in [4.78, 5) is 8.82. The Morgan fingerprint density at radius 3 is 2.67 bits per heavy atom. The van der Waals surface area contributed by atoms with Crippen molar-refractivity contribution in [1.82, 2.24) is 9.97 Å². The summed E-state index contributed by atoms with van der Waals surface area (Å²) in [5, 5.41) is 0. The number of aromatic nitrogens is 2. The predicted octanol–water partition coefficient (Wildman–Crippen LogP) is 2.78. The van der Waals surface area contributed by atoms with Gasteiger partial charge in [0, 0.05) is 17.3 Å². The third-order valence-corrected chi connectivity index (χ3v) is 2.95. The summed E-state index contributed by atoms with van der Waals surface area (Å²) in [6.07, 6.45) is 0.808. The van der Waals surface area contributed by atoms with E-state index in [1.807, 2.05) is 6.07 Å². The lowest BCUT2D eigenvalue weighted by atomic mass is 10.1. The maximum absolute atomic E-state index is 13.5. The van der Waals surface area contributed by atoms with Crippen LogP contribution in [0.3, 0.4) is 0 Å². The Morgan fingerprint density at radius 2 is 2.05 bits per heavy atom. The number of rotatable bonds is 5. The molecule has 0 amide bonds. The van der Waals surface area contributed by atoms with E-state index in [0.29, 0.717) is 23.1 Å². The van der Waals surface area contributed by atoms with Gasteiger partial charge in [0.1, 0.15) is 5.82 Å². The number of hydrogen-bond donors (Lipinski definition) is 2. The normalized spacial score (nSPS) is 10.8. The SMILES string of the molecule is COc1cc(-c2nc(CC(C)C)cc(NN)n2)ccc1F. The lowest BCUT2D eigenvalue weighted by Crippen LogP contribution is -2.11. The lowest BCUT2D eigenvalue weighted by molar-refractivity contribution is 0.386. The highest BCUT2D eigenvalue weighted by Crippen LogP contribution is 2.25. The summed E-state index contributed by atoms with van der Waals surface area (Å²) in [6.45, 7) is 4.22. The molecule has 0 radical (unpaired) electrons. The van der Waals surface area contributed by atoms with Gasteiger partial charge < -0.3 is 10.2 Å². The number of nitrogen functional groups attached to an aromatic ring is 1. The van der Waals surface area contributed by atoms with Crippen LogP contribution in [-0.4, -0.2) is 17.1 Å². The monoisotopic (exact) mass is 290 g/mol. The van der Waals surface area contributed by atoms with Gasteiger partial charge in [-0.05, 0) is 30.5 Å². The van der Waals surface area contributed by atoms with Crippen molar-refractivity contribution in [2.24, 2.45) is 11.8 Å². The third-order valence-electron chi connectivity index (χ3n) is 2.95. The molecule has 0 bridgehead atoms. The summed E-state index contributed by atoms with van der Waals surface area (Å²) >= 11 is 0. The van der Waals surface area contributed by atoms with Crippen molar-refractivity contribution < 1.29 is 9.13 Å². The van der Waals surface area contributed by atoms with Crippen LogP contribution in [0.5, 0.6) is 5.75 Å². The summed E-state index contributed by atoms with van der Waals surface area (Å²) in [5.41, 5.74) is 4.09. The number of nitrogens with zero attached hydrogens (tertiary/aromatic N) is 2. The number of anilines is 1. The van der Waals surface area contributed by atoms with E-state index in [-0.39, 0.29) is 5.75 Å². The van der Waals surface area contributed by atoms with Crippen LogP contribution >= 0.6 is 0 Å². The van der Waals surface area contributed by atoms with Crippen molar-refractivity contribution in [2.75, 3.05) is 12.5 Å². The minimum Gasteiger partial charge on any atom is -0.494 e. The standard InChI is InChI=1S/C15H19FN4O/c1-9(2)6-11-8-14(20-17)19-15(18-11)10-4-5-12(16)13(7-10)21-3/h4-5,7-9H,6,17H2,1-3H3,(H,18,19,20). The number of hydrazine groups is 1. The molecule has 0 aliphatic carbocycles. The zero-order chi connectivity index (χ0) is 15.4. The maximum atomic E-state index is 13.5. The summed E-state index contributed by atoms with van der Waals surface area (Å²) in [5.74, 6) is 6.66. The molecule has 0 aliphatic heterocycles. The van der Waals surface area contributed by atoms with Gasteiger partial charge in [-0.3, -0.25) is 0 Å². The fourth-order valence-electron chi connectivity index (χ4n) is 2.02. The molecule has 21 heavy (non-hydrogen) atoms. The van der Waals surface area contributed by atoms with Crippen molar-refractivity contribution in [3.8, 4) is 17.1 Å². The van der Waals surface area contributed by atoms with Crippen LogP contribution in [0, 0.1) is 11.7 Å². The van der Waals surface area contributed by atoms with Crippen LogP contribution in [0.2, 0.25) is 0 Å².